The summed E-state index contributed by atoms with van der Waals surface area (Å²) in [5.41, 5.74) is 0.821. The van der Waals surface area contributed by atoms with Gasteiger partial charge in [-0.15, -0.1) is 0 Å². The number of hydrogen-bond acceptors (Lipinski definition) is 3. The molecule has 1 atom stereocenters. The standard InChI is InChI=1S/C11H12BrNO3/c1-8(14)5-10(7-13(15)16)9-3-2-4-11(12)6-9/h2-4,6,10H,5,7H2,1H3/t10-/m1/s1. The first-order valence-corrected chi connectivity index (χ1v) is 5.65. The SMILES string of the molecule is CC(=O)C[C@H](C[N+](=O)[O-])c1cccc(Br)c1. The molecule has 0 amide bonds. The van der Waals surface area contributed by atoms with Crippen molar-refractivity contribution in [3.05, 3.63) is 44.4 Å². The molecule has 1 aromatic carbocycles. The fraction of sp³-hybridized carbons (Fsp3) is 0.364. The Morgan fingerprint density at radius 1 is 1.56 bits per heavy atom. The number of nitrogens with zero attached hydrogens (tertiary/aromatic N) is 1. The molecule has 0 heterocycles. The molecule has 0 N–H and O–H groups in total. The molecule has 0 saturated heterocycles. The highest BCUT2D eigenvalue weighted by molar-refractivity contribution is 9.10. The number of carbonyl (C=O) groups excluding carboxylic acids is 1. The highest BCUT2D eigenvalue weighted by atomic mass is 79.9. The second-order valence-electron chi connectivity index (χ2n) is 3.67. The molecule has 4 nitrogen and oxygen atoms in total. The Morgan fingerprint density at radius 2 is 2.25 bits per heavy atom. The van der Waals surface area contributed by atoms with Gasteiger partial charge in [-0.3, -0.25) is 10.1 Å². The van der Waals surface area contributed by atoms with Gasteiger partial charge < -0.3 is 4.79 Å². The molecule has 86 valence electrons. The third-order valence-corrected chi connectivity index (χ3v) is 2.72. The van der Waals surface area contributed by atoms with Crippen molar-refractivity contribution < 1.29 is 9.72 Å². The molecular weight excluding hydrogens is 274 g/mol. The van der Waals surface area contributed by atoms with Crippen LogP contribution in [0.25, 0.3) is 0 Å². The number of benzene rings is 1. The van der Waals surface area contributed by atoms with Crippen LogP contribution in [0.1, 0.15) is 24.8 Å². The van der Waals surface area contributed by atoms with Crippen LogP contribution in [-0.2, 0) is 4.79 Å². The van der Waals surface area contributed by atoms with E-state index < -0.39 is 0 Å². The number of rotatable bonds is 5. The molecule has 1 rings (SSSR count). The van der Waals surface area contributed by atoms with Crippen molar-refractivity contribution in [2.75, 3.05) is 6.54 Å². The molecule has 0 aromatic heterocycles. The van der Waals surface area contributed by atoms with Crippen LogP contribution in [0.3, 0.4) is 0 Å². The fourth-order valence-electron chi connectivity index (χ4n) is 1.58. The van der Waals surface area contributed by atoms with Crippen molar-refractivity contribution >= 4 is 21.7 Å². The normalized spacial score (nSPS) is 12.1. The summed E-state index contributed by atoms with van der Waals surface area (Å²) < 4.78 is 0.863. The molecule has 0 radical (unpaired) electrons. The first-order valence-electron chi connectivity index (χ1n) is 4.85. The highest BCUT2D eigenvalue weighted by Gasteiger charge is 2.19. The van der Waals surface area contributed by atoms with Crippen molar-refractivity contribution in [2.45, 2.75) is 19.3 Å². The van der Waals surface area contributed by atoms with Crippen molar-refractivity contribution in [1.82, 2.24) is 0 Å². The van der Waals surface area contributed by atoms with Crippen molar-refractivity contribution in [2.24, 2.45) is 0 Å². The third-order valence-electron chi connectivity index (χ3n) is 2.22. The minimum atomic E-state index is -0.380. The van der Waals surface area contributed by atoms with Crippen LogP contribution in [0.15, 0.2) is 28.7 Å². The Morgan fingerprint density at radius 3 is 2.75 bits per heavy atom. The van der Waals surface area contributed by atoms with Gasteiger partial charge in [-0.1, -0.05) is 28.1 Å². The number of nitro groups is 1. The van der Waals surface area contributed by atoms with Crippen LogP contribution in [0, 0.1) is 10.1 Å². The Labute approximate surface area is 102 Å². The van der Waals surface area contributed by atoms with Gasteiger partial charge in [0.1, 0.15) is 5.78 Å². The fourth-order valence-corrected chi connectivity index (χ4v) is 1.99. The smallest absolute Gasteiger partial charge is 0.211 e. The van der Waals surface area contributed by atoms with Gasteiger partial charge in [0.05, 0.1) is 5.92 Å². The maximum Gasteiger partial charge on any atom is 0.211 e. The van der Waals surface area contributed by atoms with Gasteiger partial charge in [0.15, 0.2) is 0 Å². The van der Waals surface area contributed by atoms with E-state index in [1.54, 1.807) is 0 Å². The molecule has 0 spiro atoms. The molecule has 0 saturated carbocycles. The zero-order valence-corrected chi connectivity index (χ0v) is 10.4. The summed E-state index contributed by atoms with van der Waals surface area (Å²) in [4.78, 5) is 21.2. The lowest BCUT2D eigenvalue weighted by Crippen LogP contribution is -2.15. The molecule has 0 unspecified atom stereocenters. The van der Waals surface area contributed by atoms with E-state index >= 15 is 0 Å². The molecule has 0 aliphatic carbocycles. The number of Topliss-reactive ketones (excluding diaryl/α,β-unsaturated/α-hetero) is 1. The average Bonchev–Trinajstić information content (AvgIpc) is 2.15. The summed E-state index contributed by atoms with van der Waals surface area (Å²) in [6.07, 6.45) is 0.206. The Hall–Kier alpha value is -1.23. The van der Waals surface area contributed by atoms with Gasteiger partial charge in [0, 0.05) is 15.8 Å². The second-order valence-corrected chi connectivity index (χ2v) is 4.59. The lowest BCUT2D eigenvalue weighted by Gasteiger charge is -2.11. The Balaban J connectivity index is 2.90. The highest BCUT2D eigenvalue weighted by Crippen LogP contribution is 2.23. The van der Waals surface area contributed by atoms with E-state index in [0.29, 0.717) is 0 Å². The lowest BCUT2D eigenvalue weighted by molar-refractivity contribution is -0.483. The Kier molecular flexibility index (Phi) is 4.61. The maximum absolute atomic E-state index is 11.1. The van der Waals surface area contributed by atoms with Crippen molar-refractivity contribution in [3.63, 3.8) is 0 Å². The van der Waals surface area contributed by atoms with Gasteiger partial charge in [0.2, 0.25) is 6.54 Å². The molecule has 0 bridgehead atoms. The van der Waals surface area contributed by atoms with Gasteiger partial charge >= 0.3 is 0 Å². The first kappa shape index (κ1) is 12.8. The monoisotopic (exact) mass is 285 g/mol. The van der Waals surface area contributed by atoms with Crippen LogP contribution >= 0.6 is 15.9 Å². The molecule has 1 aromatic rings. The van der Waals surface area contributed by atoms with E-state index in [2.05, 4.69) is 15.9 Å². The largest absolute Gasteiger partial charge is 0.300 e. The topological polar surface area (TPSA) is 60.2 Å². The molecular formula is C11H12BrNO3. The number of hydrogen-bond donors (Lipinski definition) is 0. The zero-order valence-electron chi connectivity index (χ0n) is 8.85. The molecule has 0 aliphatic rings. The van der Waals surface area contributed by atoms with Crippen LogP contribution in [0.4, 0.5) is 0 Å². The van der Waals surface area contributed by atoms with Gasteiger partial charge in [-0.25, -0.2) is 0 Å². The summed E-state index contributed by atoms with van der Waals surface area (Å²) in [6.45, 7) is 1.24. The lowest BCUT2D eigenvalue weighted by atomic mass is 9.94. The van der Waals surface area contributed by atoms with E-state index in [1.807, 2.05) is 24.3 Å². The van der Waals surface area contributed by atoms with E-state index in [0.717, 1.165) is 10.0 Å². The summed E-state index contributed by atoms with van der Waals surface area (Å²) in [7, 11) is 0. The van der Waals surface area contributed by atoms with Crippen LogP contribution in [0.2, 0.25) is 0 Å². The first-order chi connectivity index (χ1) is 7.49. The minimum absolute atomic E-state index is 0.0353. The summed E-state index contributed by atoms with van der Waals surface area (Å²) >= 11 is 3.31. The van der Waals surface area contributed by atoms with E-state index in [4.69, 9.17) is 0 Å². The molecule has 0 fully saturated rings. The maximum atomic E-state index is 11.1. The van der Waals surface area contributed by atoms with Gasteiger partial charge in [-0.2, -0.15) is 0 Å². The van der Waals surface area contributed by atoms with Gasteiger partial charge in [-0.05, 0) is 24.6 Å². The average molecular weight is 286 g/mol. The quantitative estimate of drug-likeness (QED) is 0.617. The predicted octanol–water partition coefficient (Wildman–Crippen LogP) is 2.79. The second kappa shape index (κ2) is 5.75. The van der Waals surface area contributed by atoms with Crippen LogP contribution < -0.4 is 0 Å². The summed E-state index contributed by atoms with van der Waals surface area (Å²) in [5, 5.41) is 10.5. The van der Waals surface area contributed by atoms with Crippen molar-refractivity contribution in [3.8, 4) is 0 Å². The molecule has 0 aliphatic heterocycles. The number of halogens is 1. The van der Waals surface area contributed by atoms with Crippen LogP contribution in [0.5, 0.6) is 0 Å². The minimum Gasteiger partial charge on any atom is -0.300 e. The number of carbonyl (C=O) groups is 1. The predicted molar refractivity (Wildman–Crippen MR) is 64.0 cm³/mol. The zero-order chi connectivity index (χ0) is 12.1. The van der Waals surface area contributed by atoms with Crippen LogP contribution in [-0.4, -0.2) is 17.3 Å². The van der Waals surface area contributed by atoms with E-state index in [1.165, 1.54) is 6.92 Å². The molecule has 5 heteroatoms. The third kappa shape index (κ3) is 4.10. The molecule has 16 heavy (non-hydrogen) atoms. The Bertz CT molecular complexity index is 390. The summed E-state index contributed by atoms with van der Waals surface area (Å²) in [6, 6.07) is 7.28. The van der Waals surface area contributed by atoms with E-state index in [9.17, 15) is 14.9 Å². The summed E-state index contributed by atoms with van der Waals surface area (Å²) in [5.74, 6) is -0.378. The van der Waals surface area contributed by atoms with Crippen molar-refractivity contribution in [1.29, 1.82) is 0 Å². The number of ketones is 1. The van der Waals surface area contributed by atoms with Gasteiger partial charge in [0.25, 0.3) is 0 Å². The van der Waals surface area contributed by atoms with E-state index in [-0.39, 0.29) is 29.6 Å².